The molecule has 66 valence electrons. The van der Waals surface area contributed by atoms with Gasteiger partial charge in [-0.2, -0.15) is 0 Å². The summed E-state index contributed by atoms with van der Waals surface area (Å²) in [5.74, 6) is 1.49. The van der Waals surface area contributed by atoms with Crippen molar-refractivity contribution < 1.29 is 9.53 Å². The Kier molecular flexibility index (Phi) is 1.10. The van der Waals surface area contributed by atoms with Crippen LogP contribution in [0.4, 0.5) is 4.79 Å². The molecule has 3 aliphatic rings. The smallest absolute Gasteiger partial charge is 0.407 e. The van der Waals surface area contributed by atoms with Crippen LogP contribution >= 0.6 is 0 Å². The lowest BCUT2D eigenvalue weighted by atomic mass is 9.84. The Bertz CT molecular complexity index is 241. The molecule has 3 nitrogen and oxygen atoms in total. The number of hydrogen-bond acceptors (Lipinski definition) is 2. The lowest BCUT2D eigenvalue weighted by Gasteiger charge is -2.30. The van der Waals surface area contributed by atoms with Crippen molar-refractivity contribution in [3.8, 4) is 0 Å². The SMILES string of the molecule is O=C1NC[C@@]2(C[C@H]3CC[C@@H]2C3)O1. The van der Waals surface area contributed by atoms with Gasteiger partial charge < -0.3 is 10.1 Å². The molecule has 2 bridgehead atoms. The number of amides is 1. The quantitative estimate of drug-likeness (QED) is 0.590. The van der Waals surface area contributed by atoms with Gasteiger partial charge >= 0.3 is 6.09 Å². The number of nitrogens with one attached hydrogen (secondary N) is 1. The predicted octanol–water partition coefficient (Wildman–Crippen LogP) is 1.28. The van der Waals surface area contributed by atoms with Crippen LogP contribution in [-0.4, -0.2) is 18.2 Å². The molecule has 1 heterocycles. The first kappa shape index (κ1) is 6.75. The Balaban J connectivity index is 1.88. The number of ether oxygens (including phenoxy) is 1. The first-order valence-corrected chi connectivity index (χ1v) is 4.75. The summed E-state index contributed by atoms with van der Waals surface area (Å²) < 4.78 is 5.39. The van der Waals surface area contributed by atoms with Crippen LogP contribution < -0.4 is 5.32 Å². The summed E-state index contributed by atoms with van der Waals surface area (Å²) >= 11 is 0. The minimum absolute atomic E-state index is 0.0833. The van der Waals surface area contributed by atoms with Crippen LogP contribution in [0.3, 0.4) is 0 Å². The molecule has 0 aromatic carbocycles. The van der Waals surface area contributed by atoms with Gasteiger partial charge in [0.05, 0.1) is 6.54 Å². The topological polar surface area (TPSA) is 38.3 Å². The van der Waals surface area contributed by atoms with E-state index in [2.05, 4.69) is 5.32 Å². The fourth-order valence-corrected chi connectivity index (χ4v) is 3.21. The van der Waals surface area contributed by atoms with Crippen molar-refractivity contribution in [3.63, 3.8) is 0 Å². The minimum Gasteiger partial charge on any atom is -0.441 e. The van der Waals surface area contributed by atoms with E-state index in [4.69, 9.17) is 4.74 Å². The van der Waals surface area contributed by atoms with E-state index in [1.165, 1.54) is 19.3 Å². The highest BCUT2D eigenvalue weighted by molar-refractivity contribution is 5.70. The van der Waals surface area contributed by atoms with Crippen LogP contribution in [-0.2, 0) is 4.74 Å². The molecule has 1 aliphatic heterocycles. The van der Waals surface area contributed by atoms with Gasteiger partial charge in [-0.1, -0.05) is 0 Å². The Labute approximate surface area is 71.5 Å². The van der Waals surface area contributed by atoms with Gasteiger partial charge in [-0.25, -0.2) is 4.79 Å². The van der Waals surface area contributed by atoms with Gasteiger partial charge in [0.2, 0.25) is 0 Å². The van der Waals surface area contributed by atoms with E-state index >= 15 is 0 Å². The summed E-state index contributed by atoms with van der Waals surface area (Å²) in [5.41, 5.74) is -0.0833. The fourth-order valence-electron chi connectivity index (χ4n) is 3.21. The Hall–Kier alpha value is -0.730. The van der Waals surface area contributed by atoms with E-state index in [1.807, 2.05) is 0 Å². The van der Waals surface area contributed by atoms with Crippen LogP contribution in [0, 0.1) is 11.8 Å². The maximum Gasteiger partial charge on any atom is 0.407 e. The number of carbonyl (C=O) groups is 1. The summed E-state index contributed by atoms with van der Waals surface area (Å²) in [6, 6.07) is 0. The van der Waals surface area contributed by atoms with Crippen molar-refractivity contribution in [3.05, 3.63) is 0 Å². The lowest BCUT2D eigenvalue weighted by Crippen LogP contribution is -2.38. The van der Waals surface area contributed by atoms with Gasteiger partial charge in [0.1, 0.15) is 5.60 Å². The molecule has 1 amide bonds. The lowest BCUT2D eigenvalue weighted by molar-refractivity contribution is 0.0111. The highest BCUT2D eigenvalue weighted by Gasteiger charge is 2.56. The van der Waals surface area contributed by atoms with Gasteiger partial charge in [0.25, 0.3) is 0 Å². The molecular weight excluding hydrogens is 154 g/mol. The van der Waals surface area contributed by atoms with Gasteiger partial charge in [-0.05, 0) is 31.6 Å². The molecule has 0 aromatic heterocycles. The van der Waals surface area contributed by atoms with Gasteiger partial charge in [-0.3, -0.25) is 0 Å². The third kappa shape index (κ3) is 0.692. The van der Waals surface area contributed by atoms with Crippen molar-refractivity contribution in [2.75, 3.05) is 6.54 Å². The molecule has 3 fully saturated rings. The molecule has 2 aliphatic carbocycles. The summed E-state index contributed by atoms with van der Waals surface area (Å²) in [4.78, 5) is 10.9. The second-order valence-electron chi connectivity index (χ2n) is 4.39. The summed E-state index contributed by atoms with van der Waals surface area (Å²) in [6.07, 6.45) is 4.80. The number of alkyl carbamates (subject to hydrolysis) is 1. The van der Waals surface area contributed by atoms with Gasteiger partial charge in [0, 0.05) is 5.92 Å². The van der Waals surface area contributed by atoms with E-state index < -0.39 is 0 Å². The first-order valence-electron chi connectivity index (χ1n) is 4.75. The van der Waals surface area contributed by atoms with Gasteiger partial charge in [0.15, 0.2) is 0 Å². The molecule has 2 saturated carbocycles. The second kappa shape index (κ2) is 1.95. The second-order valence-corrected chi connectivity index (χ2v) is 4.39. The summed E-state index contributed by atoms with van der Waals surface area (Å²) in [7, 11) is 0. The van der Waals surface area contributed by atoms with E-state index in [-0.39, 0.29) is 11.7 Å². The molecule has 12 heavy (non-hydrogen) atoms. The predicted molar refractivity (Wildman–Crippen MR) is 42.7 cm³/mol. The number of hydrogen-bond donors (Lipinski definition) is 1. The van der Waals surface area contributed by atoms with E-state index in [0.717, 1.165) is 18.9 Å². The van der Waals surface area contributed by atoms with Crippen molar-refractivity contribution in [1.82, 2.24) is 5.32 Å². The molecule has 0 radical (unpaired) electrons. The average molecular weight is 167 g/mol. The standard InChI is InChI=1S/C9H13NO2/c11-8-10-5-9(12-8)4-6-1-2-7(9)3-6/h6-7H,1-5H2,(H,10,11)/t6-,7+,9+/m0/s1. The molecule has 3 rings (SSSR count). The Morgan fingerprint density at radius 2 is 2.42 bits per heavy atom. The third-order valence-corrected chi connectivity index (χ3v) is 3.75. The average Bonchev–Trinajstić information content (AvgIpc) is 2.67. The van der Waals surface area contributed by atoms with E-state index in [0.29, 0.717) is 5.92 Å². The molecule has 1 saturated heterocycles. The van der Waals surface area contributed by atoms with Crippen LogP contribution in [0.25, 0.3) is 0 Å². The molecule has 1 N–H and O–H groups in total. The minimum atomic E-state index is -0.206. The monoisotopic (exact) mass is 167 g/mol. The number of rotatable bonds is 0. The van der Waals surface area contributed by atoms with Crippen molar-refractivity contribution in [2.24, 2.45) is 11.8 Å². The van der Waals surface area contributed by atoms with Gasteiger partial charge in [-0.15, -0.1) is 0 Å². The first-order chi connectivity index (χ1) is 5.78. The van der Waals surface area contributed by atoms with Crippen LogP contribution in [0.2, 0.25) is 0 Å². The molecule has 1 spiro atoms. The van der Waals surface area contributed by atoms with Crippen molar-refractivity contribution >= 4 is 6.09 Å². The zero-order chi connectivity index (χ0) is 8.18. The van der Waals surface area contributed by atoms with Crippen LogP contribution in [0.1, 0.15) is 25.7 Å². The molecule has 0 aromatic rings. The summed E-state index contributed by atoms with van der Waals surface area (Å²) in [6.45, 7) is 0.757. The Morgan fingerprint density at radius 3 is 2.92 bits per heavy atom. The molecule has 3 atom stereocenters. The van der Waals surface area contributed by atoms with Crippen molar-refractivity contribution in [1.29, 1.82) is 0 Å². The molecule has 3 heteroatoms. The number of carbonyl (C=O) groups excluding carboxylic acids is 1. The van der Waals surface area contributed by atoms with E-state index in [1.54, 1.807) is 0 Å². The van der Waals surface area contributed by atoms with Crippen LogP contribution in [0.15, 0.2) is 0 Å². The highest BCUT2D eigenvalue weighted by Crippen LogP contribution is 2.53. The zero-order valence-corrected chi connectivity index (χ0v) is 7.01. The fraction of sp³-hybridized carbons (Fsp3) is 0.889. The maximum atomic E-state index is 10.9. The normalized spacial score (nSPS) is 49.8. The summed E-state index contributed by atoms with van der Waals surface area (Å²) in [5, 5.41) is 2.78. The zero-order valence-electron chi connectivity index (χ0n) is 7.01. The maximum absolute atomic E-state index is 10.9. The van der Waals surface area contributed by atoms with Crippen LogP contribution in [0.5, 0.6) is 0 Å². The third-order valence-electron chi connectivity index (χ3n) is 3.75. The van der Waals surface area contributed by atoms with Crippen molar-refractivity contribution in [2.45, 2.75) is 31.3 Å². The van der Waals surface area contributed by atoms with E-state index in [9.17, 15) is 4.79 Å². The largest absolute Gasteiger partial charge is 0.441 e. The Morgan fingerprint density at radius 1 is 1.50 bits per heavy atom. The number of fused-ring (bicyclic) bond motifs is 3. The molecule has 0 unspecified atom stereocenters. The highest BCUT2D eigenvalue weighted by atomic mass is 16.6. The molecular formula is C9H13NO2.